The van der Waals surface area contributed by atoms with E-state index in [2.05, 4.69) is 31.1 Å². The molecular formula is C22H24FN3O. The normalized spacial score (nSPS) is 25.9. The summed E-state index contributed by atoms with van der Waals surface area (Å²) in [6.45, 7) is 9.25. The average Bonchev–Trinajstić information content (AvgIpc) is 3.20. The summed E-state index contributed by atoms with van der Waals surface area (Å²) in [7, 11) is 0. The van der Waals surface area contributed by atoms with Crippen molar-refractivity contribution in [3.05, 3.63) is 53.7 Å². The first-order valence-electron chi connectivity index (χ1n) is 9.47. The van der Waals surface area contributed by atoms with Crippen LogP contribution in [0, 0.1) is 12.7 Å². The molecule has 0 saturated carbocycles. The van der Waals surface area contributed by atoms with E-state index in [1.807, 2.05) is 35.9 Å². The molecule has 2 unspecified atom stereocenters. The molecule has 4 nitrogen and oxygen atoms in total. The molecule has 140 valence electrons. The number of benzene rings is 1. The van der Waals surface area contributed by atoms with E-state index in [4.69, 9.17) is 4.74 Å². The van der Waals surface area contributed by atoms with Crippen molar-refractivity contribution in [3.63, 3.8) is 0 Å². The van der Waals surface area contributed by atoms with Gasteiger partial charge >= 0.3 is 0 Å². The summed E-state index contributed by atoms with van der Waals surface area (Å²) in [4.78, 5) is 4.45. The highest BCUT2D eigenvalue weighted by molar-refractivity contribution is 5.81. The van der Waals surface area contributed by atoms with Crippen molar-refractivity contribution in [2.24, 2.45) is 0 Å². The molecule has 2 aliphatic heterocycles. The first kappa shape index (κ1) is 16.8. The number of imidazole rings is 1. The van der Waals surface area contributed by atoms with Gasteiger partial charge in [-0.1, -0.05) is 6.92 Å². The van der Waals surface area contributed by atoms with E-state index in [1.165, 1.54) is 0 Å². The van der Waals surface area contributed by atoms with Crippen LogP contribution in [0.4, 0.5) is 10.1 Å². The van der Waals surface area contributed by atoms with Crippen LogP contribution in [0.5, 0.6) is 0 Å². The predicted octanol–water partition coefficient (Wildman–Crippen LogP) is 4.70. The topological polar surface area (TPSA) is 38.6 Å². The maximum Gasteiger partial charge on any atom is 0.144 e. The molecule has 1 saturated heterocycles. The minimum absolute atomic E-state index is 0.0553. The number of ether oxygens (including phenoxy) is 1. The first-order chi connectivity index (χ1) is 12.8. The van der Waals surface area contributed by atoms with Crippen LogP contribution in [-0.4, -0.2) is 27.6 Å². The Morgan fingerprint density at radius 3 is 2.85 bits per heavy atom. The van der Waals surface area contributed by atoms with Gasteiger partial charge in [-0.05, 0) is 56.5 Å². The lowest BCUT2D eigenvalue weighted by Crippen LogP contribution is -2.56. The number of halogens is 1. The highest BCUT2D eigenvalue weighted by Crippen LogP contribution is 2.51. The van der Waals surface area contributed by atoms with Crippen LogP contribution in [0.2, 0.25) is 0 Å². The van der Waals surface area contributed by atoms with Gasteiger partial charge in [-0.15, -0.1) is 0 Å². The fourth-order valence-electron chi connectivity index (χ4n) is 5.13. The Kier molecular flexibility index (Phi) is 3.30. The minimum atomic E-state index is -0.244. The average molecular weight is 365 g/mol. The largest absolute Gasteiger partial charge is 0.377 e. The van der Waals surface area contributed by atoms with Crippen molar-refractivity contribution >= 4 is 11.3 Å². The first-order valence-corrected chi connectivity index (χ1v) is 9.47. The Morgan fingerprint density at radius 2 is 2.04 bits per heavy atom. The zero-order valence-corrected chi connectivity index (χ0v) is 16.1. The zero-order chi connectivity index (χ0) is 19.0. The SMILES string of the molecule is Cc1cc(-c2cc3c(cc2F)NC(C)(C)C2OCCC32C)c2nccn2c1. The van der Waals surface area contributed by atoms with Crippen LogP contribution in [-0.2, 0) is 10.2 Å². The molecule has 3 aromatic rings. The van der Waals surface area contributed by atoms with Gasteiger partial charge in [0, 0.05) is 47.4 Å². The summed E-state index contributed by atoms with van der Waals surface area (Å²) in [5, 5.41) is 3.51. The lowest BCUT2D eigenvalue weighted by atomic mass is 9.66. The number of nitrogens with zero attached hydrogens (tertiary/aromatic N) is 2. The number of pyridine rings is 1. The van der Waals surface area contributed by atoms with Crippen molar-refractivity contribution in [1.82, 2.24) is 9.38 Å². The molecule has 1 N–H and O–H groups in total. The van der Waals surface area contributed by atoms with Crippen molar-refractivity contribution in [3.8, 4) is 11.1 Å². The lowest BCUT2D eigenvalue weighted by Gasteiger charge is -2.48. The Labute approximate surface area is 158 Å². The fraction of sp³-hybridized carbons (Fsp3) is 0.409. The van der Waals surface area contributed by atoms with E-state index in [-0.39, 0.29) is 22.9 Å². The summed E-state index contributed by atoms with van der Waals surface area (Å²) >= 11 is 0. The van der Waals surface area contributed by atoms with Crippen LogP contribution in [0.25, 0.3) is 16.8 Å². The van der Waals surface area contributed by atoms with Gasteiger partial charge in [-0.2, -0.15) is 0 Å². The van der Waals surface area contributed by atoms with Gasteiger partial charge in [-0.25, -0.2) is 9.37 Å². The highest BCUT2D eigenvalue weighted by atomic mass is 19.1. The summed E-state index contributed by atoms with van der Waals surface area (Å²) < 4.78 is 23.3. The molecule has 5 rings (SSSR count). The summed E-state index contributed by atoms with van der Waals surface area (Å²) in [6.07, 6.45) is 6.65. The monoisotopic (exact) mass is 365 g/mol. The van der Waals surface area contributed by atoms with Gasteiger partial charge in [0.05, 0.1) is 11.6 Å². The number of hydrogen-bond acceptors (Lipinski definition) is 3. The molecule has 2 aliphatic rings. The molecule has 4 heterocycles. The number of fused-ring (bicyclic) bond motifs is 4. The second-order valence-corrected chi connectivity index (χ2v) is 8.73. The van der Waals surface area contributed by atoms with E-state index < -0.39 is 0 Å². The van der Waals surface area contributed by atoms with Crippen LogP contribution >= 0.6 is 0 Å². The standard InChI is InChI=1S/C22H24FN3O/c1-13-9-15(19-24-6-7-26(19)12-13)14-10-16-18(11-17(14)23)25-21(2,3)20-22(16,4)5-8-27-20/h6-7,9-12,20,25H,5,8H2,1-4H3. The lowest BCUT2D eigenvalue weighted by molar-refractivity contribution is 0.0352. The Hall–Kier alpha value is -2.40. The Balaban J connectivity index is 1.77. The zero-order valence-electron chi connectivity index (χ0n) is 16.1. The van der Waals surface area contributed by atoms with Crippen molar-refractivity contribution < 1.29 is 9.13 Å². The summed E-state index contributed by atoms with van der Waals surface area (Å²) in [6, 6.07) is 5.67. The number of aryl methyl sites for hydroxylation is 1. The molecule has 0 spiro atoms. The third-order valence-corrected chi connectivity index (χ3v) is 6.23. The number of anilines is 1. The molecule has 1 aromatic carbocycles. The molecular weight excluding hydrogens is 341 g/mol. The fourth-order valence-corrected chi connectivity index (χ4v) is 5.13. The second kappa shape index (κ2) is 5.32. The van der Waals surface area contributed by atoms with E-state index in [9.17, 15) is 0 Å². The quantitative estimate of drug-likeness (QED) is 0.679. The van der Waals surface area contributed by atoms with Gasteiger partial charge in [0.25, 0.3) is 0 Å². The number of hydrogen-bond donors (Lipinski definition) is 1. The van der Waals surface area contributed by atoms with Crippen LogP contribution in [0.3, 0.4) is 0 Å². The van der Waals surface area contributed by atoms with Gasteiger partial charge in [0.1, 0.15) is 11.5 Å². The Bertz CT molecular complexity index is 1070. The van der Waals surface area contributed by atoms with Crippen LogP contribution in [0.15, 0.2) is 36.8 Å². The second-order valence-electron chi connectivity index (χ2n) is 8.73. The summed E-state index contributed by atoms with van der Waals surface area (Å²) in [5.41, 5.74) is 4.89. The van der Waals surface area contributed by atoms with E-state index in [0.717, 1.165) is 41.1 Å². The predicted molar refractivity (Wildman–Crippen MR) is 105 cm³/mol. The summed E-state index contributed by atoms with van der Waals surface area (Å²) in [5.74, 6) is -0.228. The molecule has 0 amide bonds. The molecule has 0 bridgehead atoms. The van der Waals surface area contributed by atoms with Gasteiger partial charge in [0.15, 0.2) is 0 Å². The van der Waals surface area contributed by atoms with Gasteiger partial charge < -0.3 is 14.5 Å². The van der Waals surface area contributed by atoms with Crippen molar-refractivity contribution in [1.29, 1.82) is 0 Å². The molecule has 27 heavy (non-hydrogen) atoms. The highest BCUT2D eigenvalue weighted by Gasteiger charge is 2.53. The number of nitrogens with one attached hydrogen (secondary N) is 1. The molecule has 0 radical (unpaired) electrons. The molecule has 1 fully saturated rings. The van der Waals surface area contributed by atoms with E-state index in [0.29, 0.717) is 5.56 Å². The van der Waals surface area contributed by atoms with Crippen molar-refractivity contribution in [2.45, 2.75) is 51.2 Å². The maximum atomic E-state index is 15.2. The van der Waals surface area contributed by atoms with Gasteiger partial charge in [0.2, 0.25) is 0 Å². The Morgan fingerprint density at radius 1 is 1.22 bits per heavy atom. The maximum absolute atomic E-state index is 15.2. The third kappa shape index (κ3) is 2.27. The van der Waals surface area contributed by atoms with Crippen LogP contribution in [0.1, 0.15) is 38.3 Å². The number of aromatic nitrogens is 2. The smallest absolute Gasteiger partial charge is 0.144 e. The third-order valence-electron chi connectivity index (χ3n) is 6.23. The van der Waals surface area contributed by atoms with Gasteiger partial charge in [-0.3, -0.25) is 0 Å². The van der Waals surface area contributed by atoms with E-state index >= 15 is 4.39 Å². The van der Waals surface area contributed by atoms with E-state index in [1.54, 1.807) is 12.3 Å². The molecule has 0 aliphatic carbocycles. The van der Waals surface area contributed by atoms with Crippen molar-refractivity contribution in [2.75, 3.05) is 11.9 Å². The minimum Gasteiger partial charge on any atom is -0.377 e. The molecule has 5 heteroatoms. The molecule has 2 aromatic heterocycles. The van der Waals surface area contributed by atoms with Crippen LogP contribution < -0.4 is 5.32 Å². The number of rotatable bonds is 1. The molecule has 2 atom stereocenters.